The van der Waals surface area contributed by atoms with Crippen molar-refractivity contribution in [1.82, 2.24) is 19.4 Å². The summed E-state index contributed by atoms with van der Waals surface area (Å²) in [5.74, 6) is 0.352. The molecule has 1 aromatic carbocycles. The number of piperidine rings is 1. The second kappa shape index (κ2) is 9.60. The minimum absolute atomic E-state index is 0.0757. The number of likely N-dealkylation sites (tertiary alicyclic amines) is 2. The number of carbonyl (C=O) groups is 2. The van der Waals surface area contributed by atoms with Crippen LogP contribution in [0.1, 0.15) is 44.3 Å². The molecule has 31 heavy (non-hydrogen) atoms. The van der Waals surface area contributed by atoms with Crippen LogP contribution < -0.4 is 11.3 Å². The summed E-state index contributed by atoms with van der Waals surface area (Å²) in [4.78, 5) is 46.4. The van der Waals surface area contributed by atoms with Crippen LogP contribution in [0, 0.1) is 5.92 Å². The van der Waals surface area contributed by atoms with E-state index in [9.17, 15) is 14.4 Å². The zero-order valence-corrected chi connectivity index (χ0v) is 18.0. The Balaban J connectivity index is 1.46. The summed E-state index contributed by atoms with van der Waals surface area (Å²) in [6, 6.07) is 7.15. The molecule has 3 heterocycles. The van der Waals surface area contributed by atoms with Gasteiger partial charge in [-0.2, -0.15) is 0 Å². The fourth-order valence-electron chi connectivity index (χ4n) is 4.74. The Bertz CT molecular complexity index is 1000. The van der Waals surface area contributed by atoms with E-state index < -0.39 is 5.91 Å². The molecule has 2 N–H and O–H groups in total. The molecule has 166 valence electrons. The van der Waals surface area contributed by atoms with Gasteiger partial charge in [0.2, 0.25) is 11.8 Å². The van der Waals surface area contributed by atoms with E-state index in [2.05, 4.69) is 14.8 Å². The predicted molar refractivity (Wildman–Crippen MR) is 118 cm³/mol. The van der Waals surface area contributed by atoms with Crippen molar-refractivity contribution in [3.8, 4) is 0 Å². The largest absolute Gasteiger partial charge is 0.368 e. The molecule has 0 spiro atoms. The van der Waals surface area contributed by atoms with Gasteiger partial charge in [-0.25, -0.2) is 4.98 Å². The fraction of sp³-hybridized carbons (Fsp3) is 0.565. The number of aromatic nitrogens is 2. The summed E-state index contributed by atoms with van der Waals surface area (Å²) in [6.07, 6.45) is 6.26. The summed E-state index contributed by atoms with van der Waals surface area (Å²) in [5.41, 5.74) is 5.77. The predicted octanol–water partition coefficient (Wildman–Crippen LogP) is 1.50. The van der Waals surface area contributed by atoms with Crippen LogP contribution in [0.5, 0.6) is 0 Å². The number of primary amides is 1. The number of nitrogens with zero attached hydrogens (tertiary/aromatic N) is 4. The molecule has 0 radical (unpaired) electrons. The number of nitrogens with two attached hydrogens (primary N) is 1. The first kappa shape index (κ1) is 21.5. The van der Waals surface area contributed by atoms with Gasteiger partial charge in [0.05, 0.1) is 17.4 Å². The molecule has 2 fully saturated rings. The zero-order valence-electron chi connectivity index (χ0n) is 18.0. The van der Waals surface area contributed by atoms with Crippen molar-refractivity contribution in [2.45, 2.75) is 51.6 Å². The lowest BCUT2D eigenvalue weighted by Gasteiger charge is -2.34. The van der Waals surface area contributed by atoms with E-state index in [4.69, 9.17) is 5.73 Å². The smallest absolute Gasteiger partial charge is 0.261 e. The number of rotatable bonds is 5. The molecule has 2 aliphatic heterocycles. The topological polar surface area (TPSA) is 102 Å². The molecule has 0 saturated carbocycles. The molecule has 0 aliphatic carbocycles. The summed E-state index contributed by atoms with van der Waals surface area (Å²) in [5, 5.41) is 0.481. The zero-order chi connectivity index (χ0) is 21.8. The van der Waals surface area contributed by atoms with Crippen LogP contribution in [0.25, 0.3) is 10.9 Å². The lowest BCUT2D eigenvalue weighted by molar-refractivity contribution is -0.137. The molecule has 2 saturated heterocycles. The molecular formula is C23H31N5O3. The van der Waals surface area contributed by atoms with Gasteiger partial charge in [0.25, 0.3) is 5.56 Å². The molecule has 1 aromatic heterocycles. The summed E-state index contributed by atoms with van der Waals surface area (Å²) < 4.78 is 1.39. The van der Waals surface area contributed by atoms with Gasteiger partial charge in [0, 0.05) is 19.0 Å². The maximum Gasteiger partial charge on any atom is 0.261 e. The quantitative estimate of drug-likeness (QED) is 0.782. The minimum Gasteiger partial charge on any atom is -0.368 e. The number of benzene rings is 1. The Morgan fingerprint density at radius 1 is 1.00 bits per heavy atom. The van der Waals surface area contributed by atoms with Crippen molar-refractivity contribution in [2.24, 2.45) is 11.7 Å². The molecule has 8 nitrogen and oxygen atoms in total. The van der Waals surface area contributed by atoms with Crippen LogP contribution >= 0.6 is 0 Å². The van der Waals surface area contributed by atoms with Gasteiger partial charge in [0.1, 0.15) is 12.4 Å². The van der Waals surface area contributed by atoms with Crippen molar-refractivity contribution < 1.29 is 9.59 Å². The average molecular weight is 426 g/mol. The van der Waals surface area contributed by atoms with E-state index in [1.165, 1.54) is 17.4 Å². The highest BCUT2D eigenvalue weighted by atomic mass is 16.2. The molecule has 4 rings (SSSR count). The van der Waals surface area contributed by atoms with Gasteiger partial charge in [-0.3, -0.25) is 23.9 Å². The number of fused-ring (bicyclic) bond motifs is 1. The van der Waals surface area contributed by atoms with Crippen molar-refractivity contribution in [2.75, 3.05) is 26.2 Å². The van der Waals surface area contributed by atoms with Crippen molar-refractivity contribution in [3.05, 3.63) is 40.4 Å². The van der Waals surface area contributed by atoms with Crippen LogP contribution in [0.2, 0.25) is 0 Å². The summed E-state index contributed by atoms with van der Waals surface area (Å²) >= 11 is 0. The van der Waals surface area contributed by atoms with E-state index in [1.54, 1.807) is 18.2 Å². The number of hydrogen-bond donors (Lipinski definition) is 1. The van der Waals surface area contributed by atoms with E-state index in [-0.39, 0.29) is 18.0 Å². The van der Waals surface area contributed by atoms with Gasteiger partial charge in [0.15, 0.2) is 0 Å². The van der Waals surface area contributed by atoms with Crippen molar-refractivity contribution >= 4 is 22.7 Å². The van der Waals surface area contributed by atoms with Crippen LogP contribution in [0.3, 0.4) is 0 Å². The minimum atomic E-state index is -0.567. The van der Waals surface area contributed by atoms with E-state index in [0.29, 0.717) is 29.2 Å². The maximum atomic E-state index is 12.9. The Labute approximate surface area is 182 Å². The number of para-hydroxylation sites is 1. The third kappa shape index (κ3) is 4.95. The van der Waals surface area contributed by atoms with Gasteiger partial charge in [-0.05, 0) is 50.9 Å². The molecule has 2 aliphatic rings. The molecule has 2 amide bonds. The van der Waals surface area contributed by atoms with Gasteiger partial charge >= 0.3 is 0 Å². The fourth-order valence-corrected chi connectivity index (χ4v) is 4.74. The highest BCUT2D eigenvalue weighted by Crippen LogP contribution is 2.23. The summed E-state index contributed by atoms with van der Waals surface area (Å²) in [6.45, 7) is 3.58. The first-order chi connectivity index (χ1) is 15.0. The Kier molecular flexibility index (Phi) is 6.65. The van der Waals surface area contributed by atoms with Crippen LogP contribution in [-0.4, -0.2) is 57.3 Å². The second-order valence-corrected chi connectivity index (χ2v) is 8.69. The van der Waals surface area contributed by atoms with Gasteiger partial charge in [-0.15, -0.1) is 0 Å². The standard InChI is InChI=1S/C23H31N5O3/c24-20(29)15-28-21(25-19-8-4-3-7-18(19)23(28)31)16-26-13-9-17(10-14-26)22(30)27-11-5-1-2-6-12-27/h3-4,7-8,17H,1-2,5-6,9-16H2,(H2,24,29). The Morgan fingerprint density at radius 3 is 2.35 bits per heavy atom. The van der Waals surface area contributed by atoms with Crippen molar-refractivity contribution in [1.29, 1.82) is 0 Å². The van der Waals surface area contributed by atoms with E-state index in [1.807, 2.05) is 6.07 Å². The van der Waals surface area contributed by atoms with Crippen LogP contribution in [0.4, 0.5) is 0 Å². The summed E-state index contributed by atoms with van der Waals surface area (Å²) in [7, 11) is 0. The molecule has 8 heteroatoms. The number of carbonyl (C=O) groups excluding carboxylic acids is 2. The number of amides is 2. The second-order valence-electron chi connectivity index (χ2n) is 8.69. The first-order valence-electron chi connectivity index (χ1n) is 11.3. The Morgan fingerprint density at radius 2 is 1.68 bits per heavy atom. The third-order valence-corrected chi connectivity index (χ3v) is 6.47. The van der Waals surface area contributed by atoms with Crippen LogP contribution in [0.15, 0.2) is 29.1 Å². The molecule has 0 bridgehead atoms. The normalized spacial score (nSPS) is 18.8. The SMILES string of the molecule is NC(=O)Cn1c(CN2CCC(C(=O)N3CCCCCC3)CC2)nc2ccccc2c1=O. The van der Waals surface area contributed by atoms with Crippen molar-refractivity contribution in [3.63, 3.8) is 0 Å². The lowest BCUT2D eigenvalue weighted by Crippen LogP contribution is -2.43. The molecular weight excluding hydrogens is 394 g/mol. The monoisotopic (exact) mass is 425 g/mol. The average Bonchev–Trinajstić information content (AvgIpc) is 3.06. The molecule has 0 atom stereocenters. The maximum absolute atomic E-state index is 12.9. The number of hydrogen-bond acceptors (Lipinski definition) is 5. The molecule has 2 aromatic rings. The van der Waals surface area contributed by atoms with E-state index >= 15 is 0 Å². The third-order valence-electron chi connectivity index (χ3n) is 6.47. The van der Waals surface area contributed by atoms with Gasteiger partial charge < -0.3 is 10.6 Å². The van der Waals surface area contributed by atoms with Gasteiger partial charge in [-0.1, -0.05) is 25.0 Å². The molecule has 0 unspecified atom stereocenters. The van der Waals surface area contributed by atoms with Crippen LogP contribution in [-0.2, 0) is 22.7 Å². The highest BCUT2D eigenvalue weighted by Gasteiger charge is 2.29. The highest BCUT2D eigenvalue weighted by molar-refractivity contribution is 5.79. The Hall–Kier alpha value is -2.74. The van der Waals surface area contributed by atoms with E-state index in [0.717, 1.165) is 51.9 Å². The lowest BCUT2D eigenvalue weighted by atomic mass is 9.95. The first-order valence-corrected chi connectivity index (χ1v) is 11.3.